The van der Waals surface area contributed by atoms with Crippen molar-refractivity contribution < 1.29 is 73.0 Å². The molecule has 0 fully saturated rings. The Balaban J connectivity index is 3.15. The third kappa shape index (κ3) is 22.5. The Hall–Kier alpha value is -5.67. The number of esters is 3. The summed E-state index contributed by atoms with van der Waals surface area (Å²) in [7, 11) is 0. The maximum absolute atomic E-state index is 12.8. The lowest BCUT2D eigenvalue weighted by molar-refractivity contribution is -0.160. The Labute approximate surface area is 349 Å². The summed E-state index contributed by atoms with van der Waals surface area (Å²) >= 11 is 0. The molecule has 1 heterocycles. The number of carbonyl (C=O) groups excluding carboxylic acids is 9. The van der Waals surface area contributed by atoms with Crippen molar-refractivity contribution in [3.8, 4) is 0 Å². The second kappa shape index (κ2) is 27.9. The maximum Gasteiger partial charge on any atom is 0.328 e. The van der Waals surface area contributed by atoms with Gasteiger partial charge in [0.05, 0.1) is 19.8 Å². The number of rotatable bonds is 3. The summed E-state index contributed by atoms with van der Waals surface area (Å²) in [5, 5.41) is 39.6. The molecule has 6 amide bonds. The third-order valence-corrected chi connectivity index (χ3v) is 8.67. The van der Waals surface area contributed by atoms with Gasteiger partial charge in [0.25, 0.3) is 17.7 Å². The van der Waals surface area contributed by atoms with Crippen LogP contribution < -0.4 is 16.0 Å². The Bertz CT molecular complexity index is 1440. The maximum atomic E-state index is 12.8. The van der Waals surface area contributed by atoms with Gasteiger partial charge in [-0.05, 0) is 59.3 Å². The highest BCUT2D eigenvalue weighted by molar-refractivity contribution is 5.89. The van der Waals surface area contributed by atoms with Crippen LogP contribution in [0, 0.1) is 0 Å². The number of ether oxygens (including phenoxy) is 3. The van der Waals surface area contributed by atoms with Crippen LogP contribution in [-0.4, -0.2) is 142 Å². The van der Waals surface area contributed by atoms with Gasteiger partial charge in [-0.25, -0.2) is 29.6 Å². The summed E-state index contributed by atoms with van der Waals surface area (Å²) in [6.07, 6.45) is 3.86. The molecule has 21 nitrogen and oxygen atoms in total. The second-order valence-electron chi connectivity index (χ2n) is 14.3. The van der Waals surface area contributed by atoms with Crippen molar-refractivity contribution in [2.45, 2.75) is 117 Å². The Morgan fingerprint density at radius 1 is 0.500 bits per heavy atom. The van der Waals surface area contributed by atoms with Gasteiger partial charge >= 0.3 is 17.9 Å². The van der Waals surface area contributed by atoms with Crippen LogP contribution in [0.15, 0.2) is 34.9 Å². The molecule has 336 valence electrons. The standard InChI is InChI=1S/C39H60N6O15/c1-25-13-19-58-37(52)31(40-28(4)46)11-8-17-44(56)35(50)23-27(3)15-21-60-39(54)33(42-30(6)48)12-9-18-45(57)36(51)24-26(2)14-20-59-38(53)32(41-29(5)47)10-7-16-43(55)34(49)22-25/h22-24,31-33,55-57H,7-21H2,1-6H3,(H,40,46)(H,41,47)(H,42,48)/b25-22+,26-24+,27-23+/t31-,32-,33+/m0/s1. The minimum atomic E-state index is -1.11. The van der Waals surface area contributed by atoms with Gasteiger partial charge in [-0.2, -0.15) is 0 Å². The fraction of sp³-hybridized carbons (Fsp3) is 0.615. The van der Waals surface area contributed by atoms with E-state index in [2.05, 4.69) is 16.0 Å². The molecule has 0 unspecified atom stereocenters. The van der Waals surface area contributed by atoms with E-state index in [9.17, 15) is 58.8 Å². The smallest absolute Gasteiger partial charge is 0.328 e. The molecule has 0 radical (unpaired) electrons. The molecule has 6 N–H and O–H groups in total. The predicted octanol–water partition coefficient (Wildman–Crippen LogP) is 1.15. The first-order valence-electron chi connectivity index (χ1n) is 19.5. The van der Waals surface area contributed by atoms with Crippen LogP contribution in [0.4, 0.5) is 0 Å². The van der Waals surface area contributed by atoms with E-state index in [1.54, 1.807) is 20.8 Å². The van der Waals surface area contributed by atoms with Crippen molar-refractivity contribution >= 4 is 53.4 Å². The van der Waals surface area contributed by atoms with Crippen LogP contribution in [0.1, 0.15) is 99.3 Å². The fourth-order valence-electron chi connectivity index (χ4n) is 5.46. The van der Waals surface area contributed by atoms with Crippen molar-refractivity contribution in [2.24, 2.45) is 0 Å². The average Bonchev–Trinajstić information content (AvgIpc) is 3.15. The van der Waals surface area contributed by atoms with Gasteiger partial charge in [-0.15, -0.1) is 0 Å². The van der Waals surface area contributed by atoms with Crippen molar-refractivity contribution in [3.05, 3.63) is 34.9 Å². The number of nitrogens with zero attached hydrogens (tertiary/aromatic N) is 3. The molecule has 1 rings (SSSR count). The van der Waals surface area contributed by atoms with Crippen LogP contribution >= 0.6 is 0 Å². The van der Waals surface area contributed by atoms with Crippen molar-refractivity contribution in [1.29, 1.82) is 0 Å². The SMILES string of the molecule is CC(=O)N[C@H]1CCCN(O)C(=O)/C=C(\C)CCOC(=O)[C@H](NC(C)=O)CCCN(O)C(=O)/C=C(\C)CCOC(=O)[C@@H](NC(C)=O)CCCN(O)C(=O)/C=C(\C)CCOC1=O. The van der Waals surface area contributed by atoms with Crippen molar-refractivity contribution in [3.63, 3.8) is 0 Å². The van der Waals surface area contributed by atoms with Crippen LogP contribution in [0.2, 0.25) is 0 Å². The van der Waals surface area contributed by atoms with Gasteiger partial charge in [0.15, 0.2) is 0 Å². The zero-order valence-electron chi connectivity index (χ0n) is 35.2. The summed E-state index contributed by atoms with van der Waals surface area (Å²) in [5.74, 6) is -6.32. The first-order valence-corrected chi connectivity index (χ1v) is 19.5. The topological polar surface area (TPSA) is 288 Å². The number of hydroxylamine groups is 6. The summed E-state index contributed by atoms with van der Waals surface area (Å²) in [6.45, 7) is 7.11. The molecule has 0 aromatic carbocycles. The van der Waals surface area contributed by atoms with E-state index in [1.807, 2.05) is 0 Å². The zero-order valence-corrected chi connectivity index (χ0v) is 35.2. The zero-order chi connectivity index (χ0) is 45.4. The molecule has 0 aromatic heterocycles. The Morgan fingerprint density at radius 3 is 0.950 bits per heavy atom. The summed E-state index contributed by atoms with van der Waals surface area (Å²) in [6, 6.07) is -3.33. The van der Waals surface area contributed by atoms with E-state index in [0.717, 1.165) is 18.2 Å². The quantitative estimate of drug-likeness (QED) is 0.132. The molecule has 0 spiro atoms. The molecule has 1 aliphatic heterocycles. The number of hydrogen-bond donors (Lipinski definition) is 6. The number of carbonyl (C=O) groups is 9. The molecule has 1 aliphatic rings. The Morgan fingerprint density at radius 2 is 0.733 bits per heavy atom. The lowest BCUT2D eigenvalue weighted by Crippen LogP contribution is -2.41. The lowest BCUT2D eigenvalue weighted by atomic mass is 10.1. The molecular formula is C39H60N6O15. The average molecular weight is 853 g/mol. The molecule has 0 saturated carbocycles. The molecule has 0 aliphatic carbocycles. The van der Waals surface area contributed by atoms with Crippen molar-refractivity contribution in [1.82, 2.24) is 31.1 Å². The van der Waals surface area contributed by atoms with E-state index in [-0.39, 0.29) is 97.2 Å². The normalized spacial score (nSPS) is 24.9. The van der Waals surface area contributed by atoms with Gasteiger partial charge in [0.2, 0.25) is 17.7 Å². The highest BCUT2D eigenvalue weighted by Crippen LogP contribution is 2.11. The molecule has 60 heavy (non-hydrogen) atoms. The minimum Gasteiger partial charge on any atom is -0.464 e. The summed E-state index contributed by atoms with van der Waals surface area (Å²) in [5.41, 5.74) is 1.32. The molecule has 21 heteroatoms. The number of hydrogen-bond acceptors (Lipinski definition) is 15. The third-order valence-electron chi connectivity index (χ3n) is 8.67. The first kappa shape index (κ1) is 52.3. The molecule has 0 saturated heterocycles. The minimum absolute atomic E-state index is 0.00642. The molecule has 3 atom stereocenters. The highest BCUT2D eigenvalue weighted by Gasteiger charge is 2.25. The van der Waals surface area contributed by atoms with E-state index < -0.39 is 71.5 Å². The predicted molar refractivity (Wildman–Crippen MR) is 209 cm³/mol. The second-order valence-corrected chi connectivity index (χ2v) is 14.3. The van der Waals surface area contributed by atoms with Crippen LogP contribution in [0.25, 0.3) is 0 Å². The number of amides is 6. The summed E-state index contributed by atoms with van der Waals surface area (Å²) < 4.78 is 15.9. The van der Waals surface area contributed by atoms with Gasteiger partial charge < -0.3 is 30.2 Å². The van der Waals surface area contributed by atoms with E-state index in [0.29, 0.717) is 31.9 Å². The van der Waals surface area contributed by atoms with E-state index in [1.165, 1.54) is 20.8 Å². The molecular weight excluding hydrogens is 792 g/mol. The first-order chi connectivity index (χ1) is 28.2. The van der Waals surface area contributed by atoms with Crippen LogP contribution in [-0.2, 0) is 57.4 Å². The van der Waals surface area contributed by atoms with E-state index >= 15 is 0 Å². The lowest BCUT2D eigenvalue weighted by Gasteiger charge is -2.19. The fourth-order valence-corrected chi connectivity index (χ4v) is 5.46. The number of nitrogens with one attached hydrogen (secondary N) is 3. The Kier molecular flexibility index (Phi) is 24.4. The van der Waals surface area contributed by atoms with Gasteiger partial charge in [0.1, 0.15) is 18.1 Å². The highest BCUT2D eigenvalue weighted by atomic mass is 16.5. The summed E-state index contributed by atoms with van der Waals surface area (Å²) in [4.78, 5) is 111. The van der Waals surface area contributed by atoms with Gasteiger partial charge in [0, 0.05) is 77.9 Å². The largest absolute Gasteiger partial charge is 0.464 e. The van der Waals surface area contributed by atoms with Gasteiger partial charge in [-0.1, -0.05) is 16.7 Å². The molecule has 0 bridgehead atoms. The number of cyclic esters (lactones) is 3. The van der Waals surface area contributed by atoms with Crippen LogP contribution in [0.3, 0.4) is 0 Å². The monoisotopic (exact) mass is 852 g/mol. The van der Waals surface area contributed by atoms with Gasteiger partial charge in [-0.3, -0.25) is 44.4 Å². The van der Waals surface area contributed by atoms with Crippen LogP contribution in [0.5, 0.6) is 0 Å². The molecule has 0 aromatic rings. The van der Waals surface area contributed by atoms with E-state index in [4.69, 9.17) is 14.2 Å². The van der Waals surface area contributed by atoms with Crippen molar-refractivity contribution in [2.75, 3.05) is 39.5 Å².